The molecule has 0 heterocycles. The second-order valence-electron chi connectivity index (χ2n) is 10.6. The number of benzene rings is 6. The zero-order valence-corrected chi connectivity index (χ0v) is 26.2. The van der Waals surface area contributed by atoms with Gasteiger partial charge in [0.2, 0.25) is 0 Å². The summed E-state index contributed by atoms with van der Waals surface area (Å²) < 4.78 is -0.251. The van der Waals surface area contributed by atoms with Crippen molar-refractivity contribution in [3.63, 3.8) is 0 Å². The molecule has 0 bridgehead atoms. The minimum absolute atomic E-state index is 0. The Morgan fingerprint density at radius 2 is 0.732 bits per heavy atom. The molecule has 0 radical (unpaired) electrons. The van der Waals surface area contributed by atoms with Crippen LogP contribution in [0, 0.1) is 0 Å². The van der Waals surface area contributed by atoms with Crippen molar-refractivity contribution in [2.24, 2.45) is 0 Å². The zero-order valence-electron chi connectivity index (χ0n) is 22.3. The first kappa shape index (κ1) is 27.9. The smallest absolute Gasteiger partial charge is 1.00 e. The molecule has 2 aliphatic carbocycles. The van der Waals surface area contributed by atoms with Gasteiger partial charge in [0.15, 0.2) is 0 Å². The van der Waals surface area contributed by atoms with Crippen molar-refractivity contribution < 1.29 is 48.0 Å². The first-order chi connectivity index (χ1) is 19.3. The minimum Gasteiger partial charge on any atom is -1.00 e. The topological polar surface area (TPSA) is 0 Å². The molecule has 196 valence electrons. The predicted molar refractivity (Wildman–Crippen MR) is 160 cm³/mol. The fourth-order valence-electron chi connectivity index (χ4n) is 6.88. The van der Waals surface area contributed by atoms with Crippen molar-refractivity contribution in [3.8, 4) is 0 Å². The van der Waals surface area contributed by atoms with E-state index in [0.29, 0.717) is 0 Å². The fraction of sp³-hybridized carbons (Fsp3) is 0.0526. The van der Waals surface area contributed by atoms with Gasteiger partial charge in [-0.2, -0.15) is 0 Å². The number of fused-ring (bicyclic) bond motifs is 4. The van der Waals surface area contributed by atoms with Crippen LogP contribution in [0.25, 0.3) is 33.7 Å². The molecule has 2 atom stereocenters. The maximum absolute atomic E-state index is 2.56. The molecule has 0 fully saturated rings. The standard InChI is InChI=1S/2C19H13.2ClH.Zr/c2*1-3-9-16-14(6-1)8-5-11-18(16)19-13-12-15-7-2-4-10-17(15)19;;;/h2*1-13H;2*1H;/q;;;;+2/p-2. The fourth-order valence-corrected chi connectivity index (χ4v) is 12.7. The summed E-state index contributed by atoms with van der Waals surface area (Å²) in [4.78, 5) is 0. The minimum atomic E-state index is -1.44. The molecule has 41 heavy (non-hydrogen) atoms. The first-order valence-corrected chi connectivity index (χ1v) is 16.1. The molecule has 0 N–H and O–H groups in total. The Labute approximate surface area is 265 Å². The van der Waals surface area contributed by atoms with Crippen LogP contribution in [-0.4, -0.2) is 0 Å². The SMILES string of the molecule is C1=C[C]([Zr+2][C]2(c3cccc4ccccc34)C=Cc3ccccc32)(c2cccc3ccccc23)c2ccccc21.[Cl-].[Cl-]. The quantitative estimate of drug-likeness (QED) is 0.277. The molecular weight excluding hydrogens is 619 g/mol. The van der Waals surface area contributed by atoms with Gasteiger partial charge in [-0.25, -0.2) is 0 Å². The van der Waals surface area contributed by atoms with Crippen LogP contribution in [0.15, 0.2) is 146 Å². The van der Waals surface area contributed by atoms with E-state index in [0.717, 1.165) is 0 Å². The van der Waals surface area contributed by atoms with Crippen LogP contribution < -0.4 is 24.8 Å². The molecule has 0 saturated heterocycles. The third-order valence-corrected chi connectivity index (χ3v) is 14.0. The van der Waals surface area contributed by atoms with Crippen molar-refractivity contribution in [1.29, 1.82) is 0 Å². The molecule has 0 saturated carbocycles. The van der Waals surface area contributed by atoms with Gasteiger partial charge in [-0.15, -0.1) is 0 Å². The van der Waals surface area contributed by atoms with Crippen LogP contribution >= 0.6 is 0 Å². The summed E-state index contributed by atoms with van der Waals surface area (Å²) in [5.74, 6) is 0. The third kappa shape index (κ3) is 4.21. The molecule has 2 aliphatic rings. The number of allylic oxidation sites excluding steroid dienone is 2. The molecule has 0 nitrogen and oxygen atoms in total. The molecule has 2 unspecified atom stereocenters. The second kappa shape index (κ2) is 10.9. The maximum Gasteiger partial charge on any atom is -1.00 e. The van der Waals surface area contributed by atoms with Crippen molar-refractivity contribution in [2.45, 2.75) is 6.25 Å². The van der Waals surface area contributed by atoms with E-state index < -0.39 is 23.2 Å². The summed E-state index contributed by atoms with van der Waals surface area (Å²) in [6, 6.07) is 49.9. The zero-order chi connectivity index (χ0) is 25.9. The monoisotopic (exact) mass is 642 g/mol. The maximum atomic E-state index is 2.56. The van der Waals surface area contributed by atoms with E-state index in [9.17, 15) is 0 Å². The van der Waals surface area contributed by atoms with Gasteiger partial charge in [0.1, 0.15) is 0 Å². The van der Waals surface area contributed by atoms with Crippen molar-refractivity contribution in [2.75, 3.05) is 0 Å². The van der Waals surface area contributed by atoms with Crippen LogP contribution in [0.4, 0.5) is 0 Å². The van der Waals surface area contributed by atoms with Gasteiger partial charge in [-0.05, 0) is 0 Å². The number of rotatable bonds is 4. The van der Waals surface area contributed by atoms with E-state index in [1.54, 1.807) is 0 Å². The largest absolute Gasteiger partial charge is 1.00 e. The van der Waals surface area contributed by atoms with Gasteiger partial charge in [0.05, 0.1) is 0 Å². The van der Waals surface area contributed by atoms with Gasteiger partial charge in [-0.1, -0.05) is 0 Å². The van der Waals surface area contributed by atoms with Crippen molar-refractivity contribution in [1.82, 2.24) is 0 Å². The molecule has 8 rings (SSSR count). The molecule has 6 aromatic carbocycles. The van der Waals surface area contributed by atoms with Gasteiger partial charge in [-0.3, -0.25) is 0 Å². The average molecular weight is 645 g/mol. The number of hydrogen-bond donors (Lipinski definition) is 0. The third-order valence-electron chi connectivity index (χ3n) is 8.62. The molecule has 0 aliphatic heterocycles. The summed E-state index contributed by atoms with van der Waals surface area (Å²) in [5, 5.41) is 5.36. The van der Waals surface area contributed by atoms with Crippen LogP contribution in [0.5, 0.6) is 0 Å². The summed E-state index contributed by atoms with van der Waals surface area (Å²) in [5.41, 5.74) is 8.54. The summed E-state index contributed by atoms with van der Waals surface area (Å²) in [6.07, 6.45) is 9.90. The Bertz CT molecular complexity index is 1820. The summed E-state index contributed by atoms with van der Waals surface area (Å²) >= 11 is -1.44. The predicted octanol–water partition coefficient (Wildman–Crippen LogP) is 3.32. The molecular formula is C38H26Cl2Zr. The van der Waals surface area contributed by atoms with Gasteiger partial charge in [0, 0.05) is 0 Å². The molecule has 3 heteroatoms. The Morgan fingerprint density at radius 1 is 0.366 bits per heavy atom. The summed E-state index contributed by atoms with van der Waals surface area (Å²) in [7, 11) is 0. The number of hydrogen-bond acceptors (Lipinski definition) is 0. The van der Waals surface area contributed by atoms with Crippen molar-refractivity contribution in [3.05, 3.63) is 179 Å². The molecule has 0 spiro atoms. The van der Waals surface area contributed by atoms with Crippen LogP contribution in [0.3, 0.4) is 0 Å². The van der Waals surface area contributed by atoms with Crippen molar-refractivity contribution >= 4 is 33.7 Å². The first-order valence-electron chi connectivity index (χ1n) is 13.6. The van der Waals surface area contributed by atoms with Gasteiger partial charge in [0.25, 0.3) is 0 Å². The van der Waals surface area contributed by atoms with E-state index in [1.807, 2.05) is 0 Å². The Hall–Kier alpha value is -3.22. The molecule has 0 amide bonds. The van der Waals surface area contributed by atoms with E-state index in [2.05, 4.69) is 158 Å². The second-order valence-corrected chi connectivity index (χ2v) is 15.1. The summed E-state index contributed by atoms with van der Waals surface area (Å²) in [6.45, 7) is 0. The van der Waals surface area contributed by atoms with Crippen LogP contribution in [-0.2, 0) is 29.5 Å². The average Bonchev–Trinajstić information content (AvgIpc) is 3.56. The normalized spacial score (nSPS) is 19.7. The Morgan fingerprint density at radius 3 is 1.22 bits per heavy atom. The van der Waals surface area contributed by atoms with Crippen LogP contribution in [0.2, 0.25) is 0 Å². The molecule has 0 aromatic heterocycles. The van der Waals surface area contributed by atoms with Gasteiger partial charge >= 0.3 is 242 Å². The Kier molecular flexibility index (Phi) is 7.41. The molecule has 6 aromatic rings. The number of halogens is 2. The Balaban J connectivity index is 0.00000151. The van der Waals surface area contributed by atoms with E-state index in [-0.39, 0.29) is 31.1 Å². The van der Waals surface area contributed by atoms with E-state index in [1.165, 1.54) is 54.9 Å². The van der Waals surface area contributed by atoms with Crippen LogP contribution in [0.1, 0.15) is 33.4 Å². The van der Waals surface area contributed by atoms with E-state index >= 15 is 0 Å². The van der Waals surface area contributed by atoms with Gasteiger partial charge < -0.3 is 24.8 Å². The van der Waals surface area contributed by atoms with E-state index in [4.69, 9.17) is 0 Å².